The van der Waals surface area contributed by atoms with E-state index in [2.05, 4.69) is 6.58 Å². The van der Waals surface area contributed by atoms with E-state index in [1.807, 2.05) is 17.9 Å². The lowest BCUT2D eigenvalue weighted by Crippen LogP contribution is -2.37. The molecule has 15 heavy (non-hydrogen) atoms. The maximum absolute atomic E-state index is 12.1. The van der Waals surface area contributed by atoms with Crippen molar-refractivity contribution in [2.45, 2.75) is 38.6 Å². The highest BCUT2D eigenvalue weighted by atomic mass is 16.2. The van der Waals surface area contributed by atoms with E-state index in [-0.39, 0.29) is 11.8 Å². The summed E-state index contributed by atoms with van der Waals surface area (Å²) in [6.45, 7) is 7.06. The zero-order chi connectivity index (χ0) is 11.3. The van der Waals surface area contributed by atoms with Crippen LogP contribution in [0.5, 0.6) is 0 Å². The number of hydrogen-bond donors (Lipinski definition) is 1. The molecule has 0 heterocycles. The molecule has 0 radical (unpaired) electrons. The average Bonchev–Trinajstić information content (AvgIpc) is 3.05. The Hall–Kier alpha value is -0.830. The molecule has 0 bridgehead atoms. The zero-order valence-electron chi connectivity index (χ0n) is 9.61. The van der Waals surface area contributed by atoms with E-state index >= 15 is 0 Å². The van der Waals surface area contributed by atoms with Gasteiger partial charge in [-0.25, -0.2) is 0 Å². The number of carbonyl (C=O) groups excluding carboxylic acids is 1. The van der Waals surface area contributed by atoms with Crippen molar-refractivity contribution in [3.05, 3.63) is 12.7 Å². The Kier molecular flexibility index (Phi) is 4.82. The Morgan fingerprint density at radius 1 is 1.67 bits per heavy atom. The molecule has 1 aliphatic rings. The molecular weight excluding hydrogens is 188 g/mol. The maximum atomic E-state index is 12.1. The van der Waals surface area contributed by atoms with Crippen molar-refractivity contribution < 1.29 is 4.79 Å². The molecule has 1 saturated carbocycles. The highest BCUT2D eigenvalue weighted by molar-refractivity contribution is 5.79. The molecule has 3 heteroatoms. The summed E-state index contributed by atoms with van der Waals surface area (Å²) < 4.78 is 0. The van der Waals surface area contributed by atoms with Gasteiger partial charge in [-0.3, -0.25) is 4.79 Å². The Morgan fingerprint density at radius 2 is 2.33 bits per heavy atom. The zero-order valence-corrected chi connectivity index (χ0v) is 9.61. The highest BCUT2D eigenvalue weighted by Crippen LogP contribution is 2.28. The summed E-state index contributed by atoms with van der Waals surface area (Å²) in [5.41, 5.74) is 5.44. The summed E-state index contributed by atoms with van der Waals surface area (Å²) in [7, 11) is 0. The van der Waals surface area contributed by atoms with E-state index in [1.54, 1.807) is 0 Å². The van der Waals surface area contributed by atoms with Crippen LogP contribution in [0, 0.1) is 5.92 Å². The van der Waals surface area contributed by atoms with Gasteiger partial charge < -0.3 is 10.6 Å². The minimum Gasteiger partial charge on any atom is -0.336 e. The lowest BCUT2D eigenvalue weighted by atomic mass is 10.0. The van der Waals surface area contributed by atoms with Crippen molar-refractivity contribution in [3.63, 3.8) is 0 Å². The van der Waals surface area contributed by atoms with Gasteiger partial charge in [-0.1, -0.05) is 13.0 Å². The molecule has 0 aromatic carbocycles. The first-order chi connectivity index (χ1) is 7.20. The maximum Gasteiger partial charge on any atom is 0.225 e. The first-order valence-electron chi connectivity index (χ1n) is 5.82. The first-order valence-corrected chi connectivity index (χ1v) is 5.82. The van der Waals surface area contributed by atoms with Crippen molar-refractivity contribution >= 4 is 5.91 Å². The molecule has 1 aliphatic carbocycles. The fourth-order valence-corrected chi connectivity index (χ4v) is 1.77. The third-order valence-electron chi connectivity index (χ3n) is 2.86. The molecule has 1 fully saturated rings. The van der Waals surface area contributed by atoms with E-state index in [1.165, 1.54) is 0 Å². The number of carbonyl (C=O) groups is 1. The van der Waals surface area contributed by atoms with Crippen LogP contribution >= 0.6 is 0 Å². The van der Waals surface area contributed by atoms with E-state index < -0.39 is 0 Å². The normalized spacial score (nSPS) is 17.2. The van der Waals surface area contributed by atoms with Crippen LogP contribution in [0.15, 0.2) is 12.7 Å². The van der Waals surface area contributed by atoms with Crippen LogP contribution in [0.2, 0.25) is 0 Å². The summed E-state index contributed by atoms with van der Waals surface area (Å²) in [5.74, 6) is 0.375. The second kappa shape index (κ2) is 5.91. The monoisotopic (exact) mass is 210 g/mol. The van der Waals surface area contributed by atoms with Gasteiger partial charge in [0.15, 0.2) is 0 Å². The summed E-state index contributed by atoms with van der Waals surface area (Å²) in [6, 6.07) is 0.482. The summed E-state index contributed by atoms with van der Waals surface area (Å²) >= 11 is 0. The summed E-state index contributed by atoms with van der Waals surface area (Å²) in [4.78, 5) is 14.0. The molecule has 0 saturated heterocycles. The van der Waals surface area contributed by atoms with Crippen LogP contribution in [-0.2, 0) is 4.79 Å². The second-order valence-corrected chi connectivity index (χ2v) is 4.34. The first kappa shape index (κ1) is 12.2. The SMILES string of the molecule is C=CCN(C(=O)C(C)CCCN)C1CC1. The van der Waals surface area contributed by atoms with Gasteiger partial charge in [0.1, 0.15) is 0 Å². The standard InChI is InChI=1S/C12H22N2O/c1-3-9-14(11-6-7-11)12(15)10(2)5-4-8-13/h3,10-11H,1,4-9,13H2,2H3. The third kappa shape index (κ3) is 3.67. The van der Waals surface area contributed by atoms with Gasteiger partial charge in [0.05, 0.1) is 0 Å². The molecule has 0 spiro atoms. The Balaban J connectivity index is 2.43. The van der Waals surface area contributed by atoms with Gasteiger partial charge >= 0.3 is 0 Å². The van der Waals surface area contributed by atoms with Crippen LogP contribution < -0.4 is 5.73 Å². The molecule has 0 aromatic rings. The van der Waals surface area contributed by atoms with Gasteiger partial charge in [-0.05, 0) is 32.2 Å². The largest absolute Gasteiger partial charge is 0.336 e. The van der Waals surface area contributed by atoms with Crippen molar-refractivity contribution in [2.75, 3.05) is 13.1 Å². The van der Waals surface area contributed by atoms with E-state index in [0.29, 0.717) is 19.1 Å². The quantitative estimate of drug-likeness (QED) is 0.648. The smallest absolute Gasteiger partial charge is 0.225 e. The predicted octanol–water partition coefficient (Wildman–Crippen LogP) is 1.54. The van der Waals surface area contributed by atoms with Gasteiger partial charge in [0.25, 0.3) is 0 Å². The minimum absolute atomic E-state index is 0.106. The number of nitrogens with zero attached hydrogens (tertiary/aromatic N) is 1. The highest BCUT2D eigenvalue weighted by Gasteiger charge is 2.33. The molecular formula is C12H22N2O. The molecule has 3 nitrogen and oxygen atoms in total. The molecule has 0 aromatic heterocycles. The van der Waals surface area contributed by atoms with E-state index in [4.69, 9.17) is 5.73 Å². The lowest BCUT2D eigenvalue weighted by molar-refractivity contribution is -0.135. The number of rotatable bonds is 7. The Labute approximate surface area is 92.3 Å². The summed E-state index contributed by atoms with van der Waals surface area (Å²) in [5, 5.41) is 0. The number of hydrogen-bond acceptors (Lipinski definition) is 2. The van der Waals surface area contributed by atoms with Crippen LogP contribution in [0.25, 0.3) is 0 Å². The van der Waals surface area contributed by atoms with Gasteiger partial charge in [-0.15, -0.1) is 6.58 Å². The van der Waals surface area contributed by atoms with Crippen LogP contribution in [-0.4, -0.2) is 29.9 Å². The van der Waals surface area contributed by atoms with Crippen LogP contribution in [0.4, 0.5) is 0 Å². The molecule has 1 amide bonds. The second-order valence-electron chi connectivity index (χ2n) is 4.34. The van der Waals surface area contributed by atoms with Crippen molar-refractivity contribution in [2.24, 2.45) is 11.7 Å². The lowest BCUT2D eigenvalue weighted by Gasteiger charge is -2.24. The van der Waals surface area contributed by atoms with E-state index in [0.717, 1.165) is 25.7 Å². The minimum atomic E-state index is 0.106. The van der Waals surface area contributed by atoms with Gasteiger partial charge in [0.2, 0.25) is 5.91 Å². The Bertz CT molecular complexity index is 224. The molecule has 1 atom stereocenters. The molecule has 2 N–H and O–H groups in total. The van der Waals surface area contributed by atoms with E-state index in [9.17, 15) is 4.79 Å². The van der Waals surface area contributed by atoms with Crippen LogP contribution in [0.1, 0.15) is 32.6 Å². The van der Waals surface area contributed by atoms with Crippen LogP contribution in [0.3, 0.4) is 0 Å². The molecule has 1 rings (SSSR count). The number of amides is 1. The van der Waals surface area contributed by atoms with Crippen molar-refractivity contribution in [1.82, 2.24) is 4.90 Å². The fourth-order valence-electron chi connectivity index (χ4n) is 1.77. The third-order valence-corrected chi connectivity index (χ3v) is 2.86. The molecule has 1 unspecified atom stereocenters. The topological polar surface area (TPSA) is 46.3 Å². The number of nitrogens with two attached hydrogens (primary N) is 1. The predicted molar refractivity (Wildman–Crippen MR) is 62.4 cm³/mol. The van der Waals surface area contributed by atoms with Gasteiger partial charge in [-0.2, -0.15) is 0 Å². The summed E-state index contributed by atoms with van der Waals surface area (Å²) in [6.07, 6.45) is 5.95. The fraction of sp³-hybridized carbons (Fsp3) is 0.750. The van der Waals surface area contributed by atoms with Gasteiger partial charge in [0, 0.05) is 18.5 Å². The average molecular weight is 210 g/mol. The van der Waals surface area contributed by atoms with Crippen molar-refractivity contribution in [3.8, 4) is 0 Å². The Morgan fingerprint density at radius 3 is 2.80 bits per heavy atom. The van der Waals surface area contributed by atoms with Crippen molar-refractivity contribution in [1.29, 1.82) is 0 Å². The molecule has 0 aliphatic heterocycles. The molecule has 86 valence electrons.